The largest absolute Gasteiger partial charge is 0.394 e. The lowest BCUT2D eigenvalue weighted by molar-refractivity contribution is -0.0511. The van der Waals surface area contributed by atoms with Gasteiger partial charge in [-0.25, -0.2) is 9.78 Å². The van der Waals surface area contributed by atoms with Gasteiger partial charge in [-0.3, -0.25) is 19.3 Å². The number of nitrogens with zero attached hydrogens (tertiary/aromatic N) is 2. The first kappa shape index (κ1) is 13.0. The maximum Gasteiger partial charge on any atom is 0.327 e. The number of hydrogen-bond acceptors (Lipinski definition) is 7. The van der Waals surface area contributed by atoms with Gasteiger partial charge in [-0.15, -0.1) is 0 Å². The molecular formula is C10H12N4O6. The topological polar surface area (TPSA) is 153 Å². The molecule has 0 spiro atoms. The number of hydrogen-bond donors (Lipinski definition) is 5. The fourth-order valence-corrected chi connectivity index (χ4v) is 2.25. The van der Waals surface area contributed by atoms with Crippen LogP contribution in [0.15, 0.2) is 15.9 Å². The summed E-state index contributed by atoms with van der Waals surface area (Å²) in [6.07, 6.45) is -3.43. The third-order valence-corrected chi connectivity index (χ3v) is 3.26. The standard InChI is InChI=1S/C10H12N4O6/c15-1-3-5(16)6(17)9(20-3)14-2-11-4-7(14)12-10(19)13-8(4)18/h2-3,5-6,9,15-17H,1H2,(H2,12,13,18,19)/t3-,5+,6-,9+/m0/s1. The first-order chi connectivity index (χ1) is 9.52. The number of H-pyrrole nitrogens is 2. The van der Waals surface area contributed by atoms with Gasteiger partial charge in [0.1, 0.15) is 24.0 Å². The van der Waals surface area contributed by atoms with Crippen LogP contribution in [0.25, 0.3) is 11.2 Å². The fraction of sp³-hybridized carbons (Fsp3) is 0.500. The Labute approximate surface area is 110 Å². The molecule has 0 radical (unpaired) electrons. The first-order valence-electron chi connectivity index (χ1n) is 5.84. The molecular weight excluding hydrogens is 272 g/mol. The van der Waals surface area contributed by atoms with Crippen LogP contribution in [-0.2, 0) is 4.74 Å². The van der Waals surface area contributed by atoms with Gasteiger partial charge in [0, 0.05) is 0 Å². The summed E-state index contributed by atoms with van der Waals surface area (Å²) in [5.74, 6) is 0. The summed E-state index contributed by atoms with van der Waals surface area (Å²) in [6.45, 7) is -0.474. The van der Waals surface area contributed by atoms with Crippen LogP contribution in [-0.4, -0.2) is 59.8 Å². The summed E-state index contributed by atoms with van der Waals surface area (Å²) in [6, 6.07) is 0. The lowest BCUT2D eigenvalue weighted by Crippen LogP contribution is -2.33. The van der Waals surface area contributed by atoms with E-state index >= 15 is 0 Å². The zero-order valence-corrected chi connectivity index (χ0v) is 10.1. The first-order valence-corrected chi connectivity index (χ1v) is 5.84. The van der Waals surface area contributed by atoms with Gasteiger partial charge >= 0.3 is 5.69 Å². The number of ether oxygens (including phenoxy) is 1. The van der Waals surface area contributed by atoms with E-state index in [9.17, 15) is 19.8 Å². The number of fused-ring (bicyclic) bond motifs is 1. The molecule has 108 valence electrons. The van der Waals surface area contributed by atoms with Gasteiger partial charge in [0.25, 0.3) is 5.56 Å². The van der Waals surface area contributed by atoms with Crippen molar-refractivity contribution in [1.29, 1.82) is 0 Å². The van der Waals surface area contributed by atoms with Crippen molar-refractivity contribution in [1.82, 2.24) is 19.5 Å². The van der Waals surface area contributed by atoms with Crippen LogP contribution in [0.3, 0.4) is 0 Å². The number of aliphatic hydroxyl groups is 3. The van der Waals surface area contributed by atoms with Crippen LogP contribution in [0.2, 0.25) is 0 Å². The van der Waals surface area contributed by atoms with E-state index in [1.807, 2.05) is 4.98 Å². The average Bonchev–Trinajstić information content (AvgIpc) is 2.93. The Kier molecular flexibility index (Phi) is 2.94. The van der Waals surface area contributed by atoms with Gasteiger partial charge < -0.3 is 20.1 Å². The highest BCUT2D eigenvalue weighted by Crippen LogP contribution is 2.30. The third kappa shape index (κ3) is 1.78. The van der Waals surface area contributed by atoms with Crippen LogP contribution in [0.4, 0.5) is 0 Å². The summed E-state index contributed by atoms with van der Waals surface area (Å²) in [5, 5.41) is 28.7. The number of nitrogens with one attached hydrogen (secondary N) is 2. The molecule has 20 heavy (non-hydrogen) atoms. The zero-order chi connectivity index (χ0) is 14.4. The molecule has 0 amide bonds. The molecule has 1 aliphatic rings. The van der Waals surface area contributed by atoms with Crippen LogP contribution >= 0.6 is 0 Å². The Balaban J connectivity index is 2.12. The van der Waals surface area contributed by atoms with Crippen molar-refractivity contribution >= 4 is 11.2 Å². The van der Waals surface area contributed by atoms with Crippen LogP contribution in [0.1, 0.15) is 6.23 Å². The van der Waals surface area contributed by atoms with Gasteiger partial charge in [0.05, 0.1) is 12.9 Å². The SMILES string of the molecule is O=c1[nH]c(=O)c2ncn([C@@H]3O[C@@H](CO)[C@@H](O)[C@@H]3O)c2[nH]1. The molecule has 0 aromatic carbocycles. The van der Waals surface area contributed by atoms with Crippen molar-refractivity contribution in [3.63, 3.8) is 0 Å². The molecule has 3 rings (SSSR count). The van der Waals surface area contributed by atoms with Crippen molar-refractivity contribution in [3.8, 4) is 0 Å². The van der Waals surface area contributed by atoms with Crippen molar-refractivity contribution in [2.24, 2.45) is 0 Å². The maximum absolute atomic E-state index is 11.6. The summed E-state index contributed by atoms with van der Waals surface area (Å²) < 4.78 is 6.54. The predicted octanol–water partition coefficient (Wildman–Crippen LogP) is -2.98. The Morgan fingerprint density at radius 2 is 2.05 bits per heavy atom. The van der Waals surface area contributed by atoms with Crippen molar-refractivity contribution in [2.45, 2.75) is 24.5 Å². The molecule has 0 bridgehead atoms. The molecule has 1 fully saturated rings. The van der Waals surface area contributed by atoms with Crippen molar-refractivity contribution in [3.05, 3.63) is 27.2 Å². The van der Waals surface area contributed by atoms with Crippen molar-refractivity contribution < 1.29 is 20.1 Å². The molecule has 4 atom stereocenters. The molecule has 10 heteroatoms. The van der Waals surface area contributed by atoms with E-state index < -0.39 is 42.4 Å². The smallest absolute Gasteiger partial charge is 0.327 e. The van der Waals surface area contributed by atoms with Crippen LogP contribution in [0.5, 0.6) is 0 Å². The van der Waals surface area contributed by atoms with Gasteiger partial charge in [0.15, 0.2) is 11.7 Å². The Morgan fingerprint density at radius 1 is 1.30 bits per heavy atom. The van der Waals surface area contributed by atoms with E-state index in [0.717, 1.165) is 0 Å². The van der Waals surface area contributed by atoms with E-state index in [-0.39, 0.29) is 11.2 Å². The Bertz CT molecular complexity index is 748. The lowest BCUT2D eigenvalue weighted by Gasteiger charge is -2.16. The molecule has 2 aromatic rings. The fourth-order valence-electron chi connectivity index (χ4n) is 2.25. The van der Waals surface area contributed by atoms with E-state index in [4.69, 9.17) is 9.84 Å². The van der Waals surface area contributed by atoms with E-state index in [1.54, 1.807) is 0 Å². The van der Waals surface area contributed by atoms with Gasteiger partial charge in [-0.1, -0.05) is 0 Å². The van der Waals surface area contributed by atoms with E-state index in [2.05, 4.69) is 9.97 Å². The molecule has 5 N–H and O–H groups in total. The highest BCUT2D eigenvalue weighted by Gasteiger charge is 2.43. The molecule has 1 saturated heterocycles. The van der Waals surface area contributed by atoms with E-state index in [0.29, 0.717) is 0 Å². The Morgan fingerprint density at radius 3 is 2.70 bits per heavy atom. The molecule has 0 saturated carbocycles. The Hall–Kier alpha value is -2.01. The molecule has 1 aliphatic heterocycles. The highest BCUT2D eigenvalue weighted by molar-refractivity contribution is 5.68. The maximum atomic E-state index is 11.6. The summed E-state index contributed by atoms with van der Waals surface area (Å²) in [4.78, 5) is 31.1. The normalized spacial score (nSPS) is 30.1. The molecule has 10 nitrogen and oxygen atoms in total. The minimum absolute atomic E-state index is 0.0256. The number of imidazole rings is 1. The monoisotopic (exact) mass is 284 g/mol. The molecule has 0 aliphatic carbocycles. The molecule has 3 heterocycles. The number of aromatic nitrogens is 4. The highest BCUT2D eigenvalue weighted by atomic mass is 16.6. The summed E-state index contributed by atoms with van der Waals surface area (Å²) >= 11 is 0. The quantitative estimate of drug-likeness (QED) is 0.394. The predicted molar refractivity (Wildman–Crippen MR) is 64.0 cm³/mol. The van der Waals surface area contributed by atoms with Gasteiger partial charge in [-0.05, 0) is 0 Å². The minimum Gasteiger partial charge on any atom is -0.394 e. The van der Waals surface area contributed by atoms with Crippen molar-refractivity contribution in [2.75, 3.05) is 6.61 Å². The lowest BCUT2D eigenvalue weighted by atomic mass is 10.1. The number of aromatic amines is 2. The third-order valence-electron chi connectivity index (χ3n) is 3.26. The summed E-state index contributed by atoms with van der Waals surface area (Å²) in [7, 11) is 0. The summed E-state index contributed by atoms with van der Waals surface area (Å²) in [5.41, 5.74) is -1.36. The second-order valence-electron chi connectivity index (χ2n) is 4.49. The van der Waals surface area contributed by atoms with Crippen LogP contribution in [0, 0.1) is 0 Å². The van der Waals surface area contributed by atoms with Gasteiger partial charge in [0.2, 0.25) is 0 Å². The molecule has 2 aromatic heterocycles. The number of rotatable bonds is 2. The zero-order valence-electron chi connectivity index (χ0n) is 10.1. The second-order valence-corrected chi connectivity index (χ2v) is 4.49. The van der Waals surface area contributed by atoms with Crippen LogP contribution < -0.4 is 11.2 Å². The minimum atomic E-state index is -1.33. The van der Waals surface area contributed by atoms with E-state index in [1.165, 1.54) is 10.9 Å². The van der Waals surface area contributed by atoms with Gasteiger partial charge in [-0.2, -0.15) is 0 Å². The number of aliphatic hydroxyl groups excluding tert-OH is 3. The molecule has 0 unspecified atom stereocenters. The average molecular weight is 284 g/mol. The second kappa shape index (κ2) is 4.52.